The number of hydrogen-bond donors (Lipinski definition) is 1. The Balaban J connectivity index is 1.75. The van der Waals surface area contributed by atoms with Crippen molar-refractivity contribution in [3.8, 4) is 0 Å². The van der Waals surface area contributed by atoms with Gasteiger partial charge in [0.25, 0.3) is 0 Å². The first-order valence-corrected chi connectivity index (χ1v) is 7.95. The minimum Gasteiger partial charge on any atom is -0.377 e. The van der Waals surface area contributed by atoms with Crippen LogP contribution in [-0.4, -0.2) is 40.3 Å². The van der Waals surface area contributed by atoms with E-state index in [1.807, 2.05) is 0 Å². The van der Waals surface area contributed by atoms with Gasteiger partial charge in [0.05, 0.1) is 19.2 Å². The van der Waals surface area contributed by atoms with Crippen molar-refractivity contribution in [3.63, 3.8) is 0 Å². The molecule has 0 aromatic carbocycles. The van der Waals surface area contributed by atoms with Crippen LogP contribution in [0, 0.1) is 11.3 Å². The highest BCUT2D eigenvalue weighted by molar-refractivity contribution is 5.12. The van der Waals surface area contributed by atoms with E-state index in [1.165, 1.54) is 6.42 Å². The molecule has 1 aromatic heterocycles. The van der Waals surface area contributed by atoms with Gasteiger partial charge in [-0.25, -0.2) is 0 Å². The van der Waals surface area contributed by atoms with Crippen LogP contribution in [0.25, 0.3) is 0 Å². The third-order valence-electron chi connectivity index (χ3n) is 4.97. The summed E-state index contributed by atoms with van der Waals surface area (Å²) in [4.78, 5) is 6.85. The second kappa shape index (κ2) is 5.66. The molecule has 6 heteroatoms. The number of aromatic nitrogens is 2. The van der Waals surface area contributed by atoms with E-state index in [4.69, 9.17) is 15.0 Å². The number of fused-ring (bicyclic) bond motifs is 1. The molecule has 3 rings (SSSR count). The topological polar surface area (TPSA) is 77.4 Å². The zero-order chi connectivity index (χ0) is 15.0. The quantitative estimate of drug-likeness (QED) is 0.858. The van der Waals surface area contributed by atoms with E-state index < -0.39 is 0 Å². The first-order chi connectivity index (χ1) is 10.1. The minimum atomic E-state index is 0.191. The van der Waals surface area contributed by atoms with Crippen molar-refractivity contribution in [2.45, 2.75) is 58.8 Å². The average Bonchev–Trinajstić information content (AvgIpc) is 3.06. The fourth-order valence-electron chi connectivity index (χ4n) is 4.26. The maximum absolute atomic E-state index is 5.90. The highest BCUT2D eigenvalue weighted by Crippen LogP contribution is 2.54. The SMILES string of the molecule is CCCN(Cc1noc(CN)n1)C1C2CCOC2C1(C)C. The molecule has 2 fully saturated rings. The molecule has 118 valence electrons. The van der Waals surface area contributed by atoms with Crippen molar-refractivity contribution in [1.29, 1.82) is 0 Å². The summed E-state index contributed by atoms with van der Waals surface area (Å²) in [5.74, 6) is 1.89. The third kappa shape index (κ3) is 2.49. The van der Waals surface area contributed by atoms with Crippen molar-refractivity contribution in [2.75, 3.05) is 13.2 Å². The lowest BCUT2D eigenvalue weighted by Gasteiger charge is -2.58. The first kappa shape index (κ1) is 14.9. The highest BCUT2D eigenvalue weighted by Gasteiger charge is 2.61. The summed E-state index contributed by atoms with van der Waals surface area (Å²) in [6.45, 7) is 9.81. The number of nitrogens with zero attached hydrogens (tertiary/aromatic N) is 3. The first-order valence-electron chi connectivity index (χ1n) is 7.95. The van der Waals surface area contributed by atoms with Gasteiger partial charge in [0.2, 0.25) is 5.89 Å². The molecule has 3 atom stereocenters. The van der Waals surface area contributed by atoms with Gasteiger partial charge >= 0.3 is 0 Å². The van der Waals surface area contributed by atoms with Crippen molar-refractivity contribution in [1.82, 2.24) is 15.0 Å². The maximum atomic E-state index is 5.90. The Morgan fingerprint density at radius 3 is 2.90 bits per heavy atom. The predicted octanol–water partition coefficient (Wildman–Crippen LogP) is 1.55. The molecule has 0 radical (unpaired) electrons. The predicted molar refractivity (Wildman–Crippen MR) is 78.3 cm³/mol. The molecule has 2 N–H and O–H groups in total. The lowest BCUT2D eigenvalue weighted by atomic mass is 9.56. The minimum absolute atomic E-state index is 0.191. The highest BCUT2D eigenvalue weighted by atomic mass is 16.5. The summed E-state index contributed by atoms with van der Waals surface area (Å²) in [5.41, 5.74) is 5.73. The fraction of sp³-hybridized carbons (Fsp3) is 0.867. The third-order valence-corrected chi connectivity index (χ3v) is 4.97. The molecular weight excluding hydrogens is 268 g/mol. The van der Waals surface area contributed by atoms with Gasteiger partial charge in [-0.15, -0.1) is 0 Å². The van der Waals surface area contributed by atoms with Gasteiger partial charge in [-0.05, 0) is 19.4 Å². The van der Waals surface area contributed by atoms with Crippen molar-refractivity contribution < 1.29 is 9.26 Å². The maximum Gasteiger partial charge on any atom is 0.240 e. The average molecular weight is 294 g/mol. The van der Waals surface area contributed by atoms with Gasteiger partial charge in [0.15, 0.2) is 5.82 Å². The van der Waals surface area contributed by atoms with E-state index in [1.54, 1.807) is 0 Å². The largest absolute Gasteiger partial charge is 0.377 e. The zero-order valence-electron chi connectivity index (χ0n) is 13.2. The van der Waals surface area contributed by atoms with Crippen LogP contribution >= 0.6 is 0 Å². The van der Waals surface area contributed by atoms with Gasteiger partial charge < -0.3 is 15.0 Å². The molecule has 0 bridgehead atoms. The van der Waals surface area contributed by atoms with Crippen LogP contribution in [0.5, 0.6) is 0 Å². The summed E-state index contributed by atoms with van der Waals surface area (Å²) in [5, 5.41) is 4.04. The molecule has 1 aliphatic carbocycles. The number of hydrogen-bond acceptors (Lipinski definition) is 6. The molecule has 6 nitrogen and oxygen atoms in total. The van der Waals surface area contributed by atoms with Crippen LogP contribution in [0.1, 0.15) is 45.3 Å². The number of nitrogens with two attached hydrogens (primary N) is 1. The van der Waals surface area contributed by atoms with Crippen LogP contribution in [0.2, 0.25) is 0 Å². The molecule has 2 aliphatic rings. The molecule has 21 heavy (non-hydrogen) atoms. The standard InChI is InChI=1S/C15H26N4O2/c1-4-6-19(9-11-17-12(8-16)21-18-11)13-10-5-7-20-14(10)15(13,2)3/h10,13-14H,4-9,16H2,1-3H3. The Morgan fingerprint density at radius 2 is 2.24 bits per heavy atom. The van der Waals surface area contributed by atoms with Crippen LogP contribution < -0.4 is 5.73 Å². The van der Waals surface area contributed by atoms with E-state index in [0.717, 1.165) is 31.9 Å². The summed E-state index contributed by atoms with van der Waals surface area (Å²) in [6, 6.07) is 0.532. The number of rotatable bonds is 6. The van der Waals surface area contributed by atoms with E-state index in [2.05, 4.69) is 35.8 Å². The van der Waals surface area contributed by atoms with Crippen molar-refractivity contribution in [3.05, 3.63) is 11.7 Å². The molecule has 0 spiro atoms. The molecule has 1 saturated carbocycles. The Morgan fingerprint density at radius 1 is 1.43 bits per heavy atom. The molecule has 1 saturated heterocycles. The summed E-state index contributed by atoms with van der Waals surface area (Å²) < 4.78 is 11.0. The van der Waals surface area contributed by atoms with E-state index in [0.29, 0.717) is 30.5 Å². The molecular formula is C15H26N4O2. The van der Waals surface area contributed by atoms with E-state index in [-0.39, 0.29) is 5.41 Å². The Hall–Kier alpha value is -0.980. The Kier molecular flexibility index (Phi) is 4.03. The van der Waals surface area contributed by atoms with Crippen LogP contribution in [0.4, 0.5) is 0 Å². The fourth-order valence-corrected chi connectivity index (χ4v) is 4.26. The Labute approximate surface area is 126 Å². The second-order valence-corrected chi connectivity index (χ2v) is 6.79. The molecule has 3 unspecified atom stereocenters. The van der Waals surface area contributed by atoms with Crippen molar-refractivity contribution >= 4 is 0 Å². The smallest absolute Gasteiger partial charge is 0.240 e. The van der Waals surface area contributed by atoms with Gasteiger partial charge in [-0.3, -0.25) is 4.90 Å². The monoisotopic (exact) mass is 294 g/mol. The molecule has 1 aliphatic heterocycles. The lowest BCUT2D eigenvalue weighted by Crippen LogP contribution is -2.66. The summed E-state index contributed by atoms with van der Waals surface area (Å²) in [6.07, 6.45) is 2.69. The Bertz CT molecular complexity index is 488. The molecule has 1 aromatic rings. The normalized spacial score (nSPS) is 30.4. The molecule has 2 heterocycles. The summed E-state index contributed by atoms with van der Waals surface area (Å²) in [7, 11) is 0. The van der Waals surface area contributed by atoms with Crippen LogP contribution in [0.15, 0.2) is 4.52 Å². The van der Waals surface area contributed by atoms with Gasteiger partial charge in [-0.2, -0.15) is 4.98 Å². The van der Waals surface area contributed by atoms with Crippen molar-refractivity contribution in [2.24, 2.45) is 17.1 Å². The van der Waals surface area contributed by atoms with Gasteiger partial charge in [-0.1, -0.05) is 25.9 Å². The van der Waals surface area contributed by atoms with Crippen LogP contribution in [-0.2, 0) is 17.8 Å². The zero-order valence-corrected chi connectivity index (χ0v) is 13.2. The summed E-state index contributed by atoms with van der Waals surface area (Å²) >= 11 is 0. The number of ether oxygens (including phenoxy) is 1. The second-order valence-electron chi connectivity index (χ2n) is 6.79. The molecule has 0 amide bonds. The van der Waals surface area contributed by atoms with Gasteiger partial charge in [0, 0.05) is 24.0 Å². The van der Waals surface area contributed by atoms with Crippen LogP contribution in [0.3, 0.4) is 0 Å². The lowest BCUT2D eigenvalue weighted by molar-refractivity contribution is -0.157. The van der Waals surface area contributed by atoms with E-state index >= 15 is 0 Å². The van der Waals surface area contributed by atoms with E-state index in [9.17, 15) is 0 Å². The van der Waals surface area contributed by atoms with Gasteiger partial charge in [0.1, 0.15) is 0 Å².